The summed E-state index contributed by atoms with van der Waals surface area (Å²) in [7, 11) is 0. The van der Waals surface area contributed by atoms with Crippen molar-refractivity contribution in [1.29, 1.82) is 0 Å². The van der Waals surface area contributed by atoms with Crippen LogP contribution in [0.3, 0.4) is 0 Å². The Balaban J connectivity index is 2.00. The van der Waals surface area contributed by atoms with Gasteiger partial charge >= 0.3 is 0 Å². The van der Waals surface area contributed by atoms with E-state index in [1.165, 1.54) is 12.4 Å². The van der Waals surface area contributed by atoms with Gasteiger partial charge in [-0.25, -0.2) is 9.97 Å². The fourth-order valence-electron chi connectivity index (χ4n) is 2.03. The van der Waals surface area contributed by atoms with E-state index in [9.17, 15) is 4.79 Å². The molecule has 0 saturated carbocycles. The number of fused-ring (bicyclic) bond motifs is 1. The first-order chi connectivity index (χ1) is 10.1. The van der Waals surface area contributed by atoms with E-state index in [4.69, 9.17) is 22.1 Å². The maximum Gasteiger partial charge on any atom is 0.249 e. The van der Waals surface area contributed by atoms with Gasteiger partial charge in [-0.2, -0.15) is 0 Å². The molecule has 1 amide bonds. The number of benzene rings is 2. The summed E-state index contributed by atoms with van der Waals surface area (Å²) in [6, 6.07) is 12.2. The normalized spacial score (nSPS) is 10.5. The van der Waals surface area contributed by atoms with Crippen LogP contribution in [0, 0.1) is 0 Å². The van der Waals surface area contributed by atoms with Gasteiger partial charge in [0.15, 0.2) is 0 Å². The van der Waals surface area contributed by atoms with Crippen molar-refractivity contribution in [3.63, 3.8) is 0 Å². The molecule has 0 fully saturated rings. The fourth-order valence-corrected chi connectivity index (χ4v) is 2.17. The summed E-state index contributed by atoms with van der Waals surface area (Å²) in [6.45, 7) is 0. The fraction of sp³-hybridized carbons (Fsp3) is 0. The molecular formula is C15H10ClN3O2. The Kier molecular flexibility index (Phi) is 3.41. The molecule has 0 aliphatic rings. The number of halogens is 1. The molecule has 0 bridgehead atoms. The topological polar surface area (TPSA) is 78.1 Å². The molecule has 5 nitrogen and oxygen atoms in total. The lowest BCUT2D eigenvalue weighted by Crippen LogP contribution is -2.11. The molecule has 3 aromatic rings. The summed E-state index contributed by atoms with van der Waals surface area (Å²) >= 11 is 5.78. The summed E-state index contributed by atoms with van der Waals surface area (Å²) < 4.78 is 5.62. The van der Waals surface area contributed by atoms with E-state index in [0.717, 1.165) is 10.8 Å². The Morgan fingerprint density at radius 2 is 2.00 bits per heavy atom. The van der Waals surface area contributed by atoms with Gasteiger partial charge in [0, 0.05) is 11.6 Å². The van der Waals surface area contributed by atoms with Crippen LogP contribution in [-0.4, -0.2) is 15.9 Å². The minimum atomic E-state index is -0.461. The van der Waals surface area contributed by atoms with Gasteiger partial charge in [0.2, 0.25) is 11.8 Å². The molecule has 0 spiro atoms. The number of aromatic nitrogens is 2. The highest BCUT2D eigenvalue weighted by Gasteiger charge is 2.07. The van der Waals surface area contributed by atoms with Gasteiger partial charge in [-0.3, -0.25) is 4.79 Å². The van der Waals surface area contributed by atoms with Crippen LogP contribution >= 0.6 is 11.6 Å². The van der Waals surface area contributed by atoms with Crippen molar-refractivity contribution in [2.75, 3.05) is 0 Å². The number of primary amides is 1. The third kappa shape index (κ3) is 2.78. The van der Waals surface area contributed by atoms with E-state index < -0.39 is 5.91 Å². The lowest BCUT2D eigenvalue weighted by atomic mass is 10.0. The highest BCUT2D eigenvalue weighted by atomic mass is 35.5. The van der Waals surface area contributed by atoms with Gasteiger partial charge in [0.05, 0.1) is 0 Å². The molecule has 21 heavy (non-hydrogen) atoms. The molecule has 2 aromatic carbocycles. The second-order valence-electron chi connectivity index (χ2n) is 4.33. The lowest BCUT2D eigenvalue weighted by molar-refractivity contribution is 0.100. The standard InChI is InChI=1S/C15H10ClN3O2/c16-13-7-14(19-8-18-13)21-10-4-5-11-9(6-10)2-1-3-12(11)15(17)20/h1-8H,(H2,17,20). The van der Waals surface area contributed by atoms with Crippen LogP contribution in [0.2, 0.25) is 5.15 Å². The number of hydrogen-bond donors (Lipinski definition) is 1. The number of carbonyl (C=O) groups excluding carboxylic acids is 1. The minimum absolute atomic E-state index is 0.303. The minimum Gasteiger partial charge on any atom is -0.439 e. The molecule has 1 aromatic heterocycles. The van der Waals surface area contributed by atoms with Crippen LogP contribution in [0.25, 0.3) is 10.8 Å². The van der Waals surface area contributed by atoms with Crippen LogP contribution in [0.5, 0.6) is 11.6 Å². The predicted molar refractivity (Wildman–Crippen MR) is 79.6 cm³/mol. The molecule has 3 rings (SSSR count). The molecule has 2 N–H and O–H groups in total. The van der Waals surface area contributed by atoms with Gasteiger partial charge in [-0.1, -0.05) is 23.7 Å². The molecule has 0 atom stereocenters. The first-order valence-electron chi connectivity index (χ1n) is 6.11. The molecule has 0 saturated heterocycles. The molecule has 0 unspecified atom stereocenters. The molecule has 0 aliphatic carbocycles. The van der Waals surface area contributed by atoms with Crippen LogP contribution in [-0.2, 0) is 0 Å². The Bertz CT molecular complexity index is 836. The van der Waals surface area contributed by atoms with Crippen LogP contribution < -0.4 is 10.5 Å². The van der Waals surface area contributed by atoms with Crippen molar-refractivity contribution in [2.45, 2.75) is 0 Å². The summed E-state index contributed by atoms with van der Waals surface area (Å²) in [4.78, 5) is 19.1. The van der Waals surface area contributed by atoms with E-state index in [1.807, 2.05) is 6.07 Å². The Morgan fingerprint density at radius 1 is 1.14 bits per heavy atom. The van der Waals surface area contributed by atoms with Gasteiger partial charge in [0.1, 0.15) is 17.2 Å². The zero-order chi connectivity index (χ0) is 14.8. The van der Waals surface area contributed by atoms with Crippen molar-refractivity contribution in [2.24, 2.45) is 5.73 Å². The number of rotatable bonds is 3. The average molecular weight is 300 g/mol. The van der Waals surface area contributed by atoms with Crippen molar-refractivity contribution in [1.82, 2.24) is 9.97 Å². The largest absolute Gasteiger partial charge is 0.439 e. The molecule has 6 heteroatoms. The monoisotopic (exact) mass is 299 g/mol. The smallest absolute Gasteiger partial charge is 0.249 e. The predicted octanol–water partition coefficient (Wildman–Crippen LogP) is 3.17. The van der Waals surface area contributed by atoms with Gasteiger partial charge in [0.25, 0.3) is 0 Å². The SMILES string of the molecule is NC(=O)c1cccc2cc(Oc3cc(Cl)ncn3)ccc12. The van der Waals surface area contributed by atoms with Gasteiger partial charge < -0.3 is 10.5 Å². The van der Waals surface area contributed by atoms with Crippen molar-refractivity contribution >= 4 is 28.3 Å². The highest BCUT2D eigenvalue weighted by molar-refractivity contribution is 6.29. The number of nitrogens with zero attached hydrogens (tertiary/aromatic N) is 2. The Morgan fingerprint density at radius 3 is 2.76 bits per heavy atom. The first kappa shape index (κ1) is 13.3. The maximum atomic E-state index is 11.4. The zero-order valence-corrected chi connectivity index (χ0v) is 11.5. The Hall–Kier alpha value is -2.66. The van der Waals surface area contributed by atoms with Gasteiger partial charge in [-0.15, -0.1) is 0 Å². The lowest BCUT2D eigenvalue weighted by Gasteiger charge is -2.07. The number of hydrogen-bond acceptors (Lipinski definition) is 4. The van der Waals surface area contributed by atoms with E-state index >= 15 is 0 Å². The third-order valence-electron chi connectivity index (χ3n) is 2.95. The molecule has 104 valence electrons. The molecule has 1 heterocycles. The van der Waals surface area contributed by atoms with Crippen molar-refractivity contribution in [3.05, 3.63) is 59.5 Å². The maximum absolute atomic E-state index is 11.4. The van der Waals surface area contributed by atoms with E-state index in [-0.39, 0.29) is 0 Å². The van der Waals surface area contributed by atoms with Gasteiger partial charge in [-0.05, 0) is 35.0 Å². The third-order valence-corrected chi connectivity index (χ3v) is 3.16. The number of amides is 1. The summed E-state index contributed by atoms with van der Waals surface area (Å²) in [5, 5.41) is 1.93. The highest BCUT2D eigenvalue weighted by Crippen LogP contribution is 2.27. The summed E-state index contributed by atoms with van der Waals surface area (Å²) in [6.07, 6.45) is 1.32. The number of carbonyl (C=O) groups is 1. The van der Waals surface area contributed by atoms with Crippen LogP contribution in [0.15, 0.2) is 48.8 Å². The molecular weight excluding hydrogens is 290 g/mol. The Labute approximate surface area is 125 Å². The summed E-state index contributed by atoms with van der Waals surface area (Å²) in [5.41, 5.74) is 5.83. The number of nitrogens with two attached hydrogens (primary N) is 1. The second kappa shape index (κ2) is 5.38. The van der Waals surface area contributed by atoms with E-state index in [0.29, 0.717) is 22.3 Å². The van der Waals surface area contributed by atoms with E-state index in [1.54, 1.807) is 30.3 Å². The van der Waals surface area contributed by atoms with Crippen molar-refractivity contribution < 1.29 is 9.53 Å². The van der Waals surface area contributed by atoms with E-state index in [2.05, 4.69) is 9.97 Å². The molecule has 0 radical (unpaired) electrons. The van der Waals surface area contributed by atoms with Crippen molar-refractivity contribution in [3.8, 4) is 11.6 Å². The zero-order valence-electron chi connectivity index (χ0n) is 10.8. The molecule has 0 aliphatic heterocycles. The summed E-state index contributed by atoms with van der Waals surface area (Å²) in [5.74, 6) is 0.469. The number of ether oxygens (including phenoxy) is 1. The van der Waals surface area contributed by atoms with Crippen LogP contribution in [0.1, 0.15) is 10.4 Å². The first-order valence-corrected chi connectivity index (χ1v) is 6.49. The average Bonchev–Trinajstić information content (AvgIpc) is 2.46. The van der Waals surface area contributed by atoms with Crippen LogP contribution in [0.4, 0.5) is 0 Å². The quantitative estimate of drug-likeness (QED) is 0.753. The second-order valence-corrected chi connectivity index (χ2v) is 4.72.